The van der Waals surface area contributed by atoms with E-state index >= 15 is 0 Å². The van der Waals surface area contributed by atoms with Crippen molar-refractivity contribution in [3.05, 3.63) is 44.7 Å². The Morgan fingerprint density at radius 1 is 1.50 bits per heavy atom. The van der Waals surface area contributed by atoms with Gasteiger partial charge < -0.3 is 10.0 Å². The van der Waals surface area contributed by atoms with Crippen LogP contribution < -0.4 is 4.90 Å². The van der Waals surface area contributed by atoms with Crippen LogP contribution in [-0.4, -0.2) is 17.1 Å². The van der Waals surface area contributed by atoms with E-state index in [0.29, 0.717) is 0 Å². The second-order valence-corrected chi connectivity index (χ2v) is 6.53. The number of thiophene rings is 1. The van der Waals surface area contributed by atoms with Gasteiger partial charge in [-0.15, -0.1) is 11.3 Å². The van der Waals surface area contributed by atoms with Gasteiger partial charge in [0.05, 0.1) is 9.89 Å². The summed E-state index contributed by atoms with van der Waals surface area (Å²) >= 11 is 5.14. The zero-order valence-corrected chi connectivity index (χ0v) is 12.7. The maximum Gasteiger partial charge on any atom is 0.128 e. The van der Waals surface area contributed by atoms with E-state index in [9.17, 15) is 5.11 Å². The third-order valence-corrected chi connectivity index (χ3v) is 4.24. The lowest BCUT2D eigenvalue weighted by Crippen LogP contribution is -2.17. The molecule has 0 spiro atoms. The van der Waals surface area contributed by atoms with Crippen LogP contribution in [0.2, 0.25) is 0 Å². The summed E-state index contributed by atoms with van der Waals surface area (Å²) in [5, 5.41) is 11.7. The lowest BCUT2D eigenvalue weighted by molar-refractivity contribution is 0.199. The summed E-state index contributed by atoms with van der Waals surface area (Å²) < 4.78 is 1.14. The molecule has 0 aromatic carbocycles. The zero-order valence-electron chi connectivity index (χ0n) is 10.3. The fourth-order valence-electron chi connectivity index (χ4n) is 1.69. The fourth-order valence-corrected chi connectivity index (χ4v) is 2.89. The van der Waals surface area contributed by atoms with Crippen LogP contribution in [0.1, 0.15) is 24.2 Å². The maximum atomic E-state index is 9.57. The van der Waals surface area contributed by atoms with Crippen LogP contribution in [0.3, 0.4) is 0 Å². The Bertz CT molecular complexity index is 527. The number of hydrogen-bond donors (Lipinski definition) is 1. The lowest BCUT2D eigenvalue weighted by atomic mass is 10.1. The Morgan fingerprint density at radius 2 is 2.28 bits per heavy atom. The van der Waals surface area contributed by atoms with E-state index < -0.39 is 6.10 Å². The Kier molecular flexibility index (Phi) is 4.37. The molecule has 0 amide bonds. The molecular formula is C13H15BrN2OS. The summed E-state index contributed by atoms with van der Waals surface area (Å²) in [6.07, 6.45) is 1.27. The lowest BCUT2D eigenvalue weighted by Gasteiger charge is -2.18. The molecule has 0 bridgehead atoms. The molecule has 0 radical (unpaired) electrons. The van der Waals surface area contributed by atoms with Crippen LogP contribution in [0.25, 0.3) is 0 Å². The van der Waals surface area contributed by atoms with Gasteiger partial charge in [0.25, 0.3) is 0 Å². The number of aliphatic hydroxyl groups is 1. The first-order valence-corrected chi connectivity index (χ1v) is 7.31. The highest BCUT2D eigenvalue weighted by atomic mass is 79.9. The molecule has 5 heteroatoms. The molecule has 2 heterocycles. The highest BCUT2D eigenvalue weighted by molar-refractivity contribution is 9.11. The van der Waals surface area contributed by atoms with Gasteiger partial charge in [0.1, 0.15) is 5.82 Å². The highest BCUT2D eigenvalue weighted by Crippen LogP contribution is 2.23. The van der Waals surface area contributed by atoms with Crippen LogP contribution in [0.4, 0.5) is 5.82 Å². The molecule has 96 valence electrons. The van der Waals surface area contributed by atoms with Crippen molar-refractivity contribution in [2.75, 3.05) is 11.9 Å². The molecule has 1 N–H and O–H groups in total. The summed E-state index contributed by atoms with van der Waals surface area (Å²) in [5.41, 5.74) is 2.14. The highest BCUT2D eigenvalue weighted by Gasteiger charge is 2.08. The first-order valence-electron chi connectivity index (χ1n) is 5.64. The van der Waals surface area contributed by atoms with E-state index in [2.05, 4.69) is 37.3 Å². The predicted octanol–water partition coefficient (Wildman–Crippen LogP) is 3.60. The first kappa shape index (κ1) is 13.5. The van der Waals surface area contributed by atoms with Gasteiger partial charge in [0.15, 0.2) is 0 Å². The average molecular weight is 327 g/mol. The molecule has 18 heavy (non-hydrogen) atoms. The van der Waals surface area contributed by atoms with E-state index in [4.69, 9.17) is 0 Å². The summed E-state index contributed by atoms with van der Waals surface area (Å²) in [7, 11) is 2.00. The second-order valence-electron chi connectivity index (χ2n) is 4.24. The SMILES string of the molecule is C[C@@H](O)c1ccnc(N(C)Cc2csc(Br)c2)c1. The van der Waals surface area contributed by atoms with Gasteiger partial charge in [0, 0.05) is 19.8 Å². The fraction of sp³-hybridized carbons (Fsp3) is 0.308. The first-order chi connectivity index (χ1) is 8.56. The quantitative estimate of drug-likeness (QED) is 0.932. The van der Waals surface area contributed by atoms with E-state index in [1.807, 2.05) is 19.2 Å². The Morgan fingerprint density at radius 3 is 2.89 bits per heavy atom. The van der Waals surface area contributed by atoms with Gasteiger partial charge >= 0.3 is 0 Å². The smallest absolute Gasteiger partial charge is 0.128 e. The van der Waals surface area contributed by atoms with Crippen molar-refractivity contribution >= 4 is 33.1 Å². The van der Waals surface area contributed by atoms with Gasteiger partial charge in [-0.05, 0) is 57.6 Å². The molecule has 2 aromatic rings. The number of aromatic nitrogens is 1. The number of hydrogen-bond acceptors (Lipinski definition) is 4. The molecule has 0 aliphatic carbocycles. The van der Waals surface area contributed by atoms with Crippen molar-refractivity contribution in [3.8, 4) is 0 Å². The van der Waals surface area contributed by atoms with Gasteiger partial charge in [-0.25, -0.2) is 4.98 Å². The molecule has 0 aliphatic rings. The standard InChI is InChI=1S/C13H15BrN2OS/c1-9(17)11-3-4-15-13(6-11)16(2)7-10-5-12(14)18-8-10/h3-6,8-9,17H,7H2,1-2H3/t9-/m1/s1. The summed E-state index contributed by atoms with van der Waals surface area (Å²) in [4.78, 5) is 6.40. The Hall–Kier alpha value is -0.910. The van der Waals surface area contributed by atoms with Crippen LogP contribution in [-0.2, 0) is 6.54 Å². The molecular weight excluding hydrogens is 312 g/mol. The van der Waals surface area contributed by atoms with E-state index in [1.165, 1.54) is 5.56 Å². The van der Waals surface area contributed by atoms with E-state index in [0.717, 1.165) is 21.7 Å². The third kappa shape index (κ3) is 3.31. The second kappa shape index (κ2) is 5.82. The zero-order chi connectivity index (χ0) is 13.1. The van der Waals surface area contributed by atoms with E-state index in [-0.39, 0.29) is 0 Å². The molecule has 0 unspecified atom stereocenters. The number of rotatable bonds is 4. The van der Waals surface area contributed by atoms with Crippen molar-refractivity contribution < 1.29 is 5.11 Å². The van der Waals surface area contributed by atoms with Crippen molar-refractivity contribution in [2.24, 2.45) is 0 Å². The normalized spacial score (nSPS) is 12.4. The van der Waals surface area contributed by atoms with E-state index in [1.54, 1.807) is 24.5 Å². The molecule has 3 nitrogen and oxygen atoms in total. The van der Waals surface area contributed by atoms with Crippen LogP contribution in [0, 0.1) is 0 Å². The van der Waals surface area contributed by atoms with Crippen LogP contribution >= 0.6 is 27.3 Å². The minimum atomic E-state index is -0.463. The Labute approximate surface area is 119 Å². The Balaban J connectivity index is 2.13. The number of halogens is 1. The number of aliphatic hydroxyl groups excluding tert-OH is 1. The molecule has 0 saturated heterocycles. The molecule has 2 rings (SSSR count). The van der Waals surface area contributed by atoms with Crippen molar-refractivity contribution in [1.82, 2.24) is 4.98 Å². The van der Waals surface area contributed by atoms with Crippen LogP contribution in [0.15, 0.2) is 33.6 Å². The number of anilines is 1. The summed E-state index contributed by atoms with van der Waals surface area (Å²) in [5.74, 6) is 0.871. The van der Waals surface area contributed by atoms with Crippen molar-refractivity contribution in [2.45, 2.75) is 19.6 Å². The van der Waals surface area contributed by atoms with Crippen LogP contribution in [0.5, 0.6) is 0 Å². The number of pyridine rings is 1. The molecule has 2 aromatic heterocycles. The van der Waals surface area contributed by atoms with Gasteiger partial charge in [-0.1, -0.05) is 0 Å². The van der Waals surface area contributed by atoms with Crippen molar-refractivity contribution in [3.63, 3.8) is 0 Å². The van der Waals surface area contributed by atoms with Gasteiger partial charge in [-0.2, -0.15) is 0 Å². The molecule has 1 atom stereocenters. The molecule has 0 fully saturated rings. The average Bonchev–Trinajstić information content (AvgIpc) is 2.75. The third-order valence-electron chi connectivity index (χ3n) is 2.68. The van der Waals surface area contributed by atoms with Crippen molar-refractivity contribution in [1.29, 1.82) is 0 Å². The topological polar surface area (TPSA) is 36.4 Å². The minimum absolute atomic E-state index is 0.463. The monoisotopic (exact) mass is 326 g/mol. The largest absolute Gasteiger partial charge is 0.389 e. The van der Waals surface area contributed by atoms with Gasteiger partial charge in [0.2, 0.25) is 0 Å². The summed E-state index contributed by atoms with van der Waals surface area (Å²) in [6.45, 7) is 2.56. The molecule has 0 aliphatic heterocycles. The van der Waals surface area contributed by atoms with Gasteiger partial charge in [-0.3, -0.25) is 0 Å². The minimum Gasteiger partial charge on any atom is -0.389 e. The maximum absolute atomic E-state index is 9.57. The molecule has 0 saturated carbocycles. The number of nitrogens with zero attached hydrogens (tertiary/aromatic N) is 2. The predicted molar refractivity (Wildman–Crippen MR) is 79.0 cm³/mol. The summed E-state index contributed by atoms with van der Waals surface area (Å²) in [6, 6.07) is 5.87.